The minimum absolute atomic E-state index is 0.584. The van der Waals surface area contributed by atoms with E-state index in [1.807, 2.05) is 12.1 Å². The molecule has 0 aliphatic heterocycles. The van der Waals surface area contributed by atoms with Crippen LogP contribution in [0.1, 0.15) is 18.9 Å². The first kappa shape index (κ1) is 8.29. The van der Waals surface area contributed by atoms with Crippen LogP contribution < -0.4 is 5.73 Å². The van der Waals surface area contributed by atoms with Gasteiger partial charge in [0.1, 0.15) is 0 Å². The van der Waals surface area contributed by atoms with Gasteiger partial charge in [-0.1, -0.05) is 15.9 Å². The molecule has 1 saturated carbocycles. The van der Waals surface area contributed by atoms with Gasteiger partial charge in [0.2, 0.25) is 5.95 Å². The Kier molecular flexibility index (Phi) is 1.62. The first-order chi connectivity index (χ1) is 6.75. The van der Waals surface area contributed by atoms with E-state index in [4.69, 9.17) is 5.73 Å². The number of aromatic nitrogens is 2. The largest absolute Gasteiger partial charge is 0.369 e. The van der Waals surface area contributed by atoms with Crippen molar-refractivity contribution in [2.24, 2.45) is 0 Å². The maximum absolute atomic E-state index is 5.88. The molecule has 1 aliphatic carbocycles. The number of halogens is 1. The summed E-state index contributed by atoms with van der Waals surface area (Å²) in [7, 11) is 0. The van der Waals surface area contributed by atoms with Gasteiger partial charge in [-0.15, -0.1) is 0 Å². The number of fused-ring (bicyclic) bond motifs is 1. The Morgan fingerprint density at radius 1 is 1.43 bits per heavy atom. The molecule has 1 fully saturated rings. The number of nitrogen functional groups attached to an aromatic ring is 1. The quantitative estimate of drug-likeness (QED) is 0.847. The van der Waals surface area contributed by atoms with Gasteiger partial charge in [-0.05, 0) is 31.0 Å². The minimum Gasteiger partial charge on any atom is -0.369 e. The van der Waals surface area contributed by atoms with Crippen LogP contribution in [-0.4, -0.2) is 9.55 Å². The molecule has 1 aromatic heterocycles. The molecule has 72 valence electrons. The lowest BCUT2D eigenvalue weighted by Crippen LogP contribution is -2.00. The zero-order valence-electron chi connectivity index (χ0n) is 7.57. The van der Waals surface area contributed by atoms with Crippen molar-refractivity contribution in [3.8, 4) is 0 Å². The number of benzene rings is 1. The van der Waals surface area contributed by atoms with Crippen molar-refractivity contribution in [3.63, 3.8) is 0 Å². The molecule has 0 bridgehead atoms. The SMILES string of the molecule is Nc1nc2cc(Br)ccc2n1C1CC1. The average molecular weight is 252 g/mol. The Bertz CT molecular complexity index is 499. The second kappa shape index (κ2) is 2.73. The molecule has 0 amide bonds. The molecule has 0 saturated heterocycles. The van der Waals surface area contributed by atoms with Gasteiger partial charge in [-0.25, -0.2) is 4.98 Å². The lowest BCUT2D eigenvalue weighted by Gasteiger charge is -2.02. The first-order valence-electron chi connectivity index (χ1n) is 4.68. The van der Waals surface area contributed by atoms with Crippen molar-refractivity contribution in [1.82, 2.24) is 9.55 Å². The highest BCUT2D eigenvalue weighted by atomic mass is 79.9. The lowest BCUT2D eigenvalue weighted by molar-refractivity contribution is 0.779. The highest BCUT2D eigenvalue weighted by Gasteiger charge is 2.27. The molecule has 0 spiro atoms. The van der Waals surface area contributed by atoms with E-state index < -0.39 is 0 Å². The molecule has 3 rings (SSSR count). The van der Waals surface area contributed by atoms with Crippen LogP contribution in [0.3, 0.4) is 0 Å². The Labute approximate surface area is 90.0 Å². The van der Waals surface area contributed by atoms with E-state index in [0.717, 1.165) is 15.5 Å². The molecule has 2 aromatic rings. The Hall–Kier alpha value is -1.03. The van der Waals surface area contributed by atoms with Gasteiger partial charge in [0, 0.05) is 10.5 Å². The normalized spacial score (nSPS) is 16.4. The minimum atomic E-state index is 0.584. The van der Waals surface area contributed by atoms with E-state index >= 15 is 0 Å². The molecule has 14 heavy (non-hydrogen) atoms. The van der Waals surface area contributed by atoms with E-state index in [1.54, 1.807) is 0 Å². The molecule has 3 nitrogen and oxygen atoms in total. The molecule has 2 N–H and O–H groups in total. The Morgan fingerprint density at radius 2 is 2.21 bits per heavy atom. The molecule has 1 heterocycles. The molecule has 1 aliphatic rings. The third-order valence-electron chi connectivity index (χ3n) is 2.59. The second-order valence-corrected chi connectivity index (χ2v) is 4.62. The van der Waals surface area contributed by atoms with E-state index in [0.29, 0.717) is 12.0 Å². The van der Waals surface area contributed by atoms with Crippen LogP contribution in [0.2, 0.25) is 0 Å². The molecule has 4 heteroatoms. The highest BCUT2D eigenvalue weighted by molar-refractivity contribution is 9.10. The van der Waals surface area contributed by atoms with Crippen LogP contribution in [0, 0.1) is 0 Å². The molecular weight excluding hydrogens is 242 g/mol. The van der Waals surface area contributed by atoms with Crippen LogP contribution in [0.15, 0.2) is 22.7 Å². The van der Waals surface area contributed by atoms with Gasteiger partial charge in [0.25, 0.3) is 0 Å². The Morgan fingerprint density at radius 3 is 2.93 bits per heavy atom. The summed E-state index contributed by atoms with van der Waals surface area (Å²) in [4.78, 5) is 4.35. The van der Waals surface area contributed by atoms with Gasteiger partial charge in [0.05, 0.1) is 11.0 Å². The fraction of sp³-hybridized carbons (Fsp3) is 0.300. The molecule has 0 unspecified atom stereocenters. The van der Waals surface area contributed by atoms with Crippen molar-refractivity contribution >= 4 is 32.9 Å². The molecule has 0 radical (unpaired) electrons. The standard InChI is InChI=1S/C10H10BrN3/c11-6-1-4-9-8(5-6)13-10(12)14(9)7-2-3-7/h1,4-5,7H,2-3H2,(H2,12,13). The van der Waals surface area contributed by atoms with Crippen molar-refractivity contribution in [2.75, 3.05) is 5.73 Å². The predicted octanol–water partition coefficient (Wildman–Crippen LogP) is 2.72. The van der Waals surface area contributed by atoms with Crippen LogP contribution in [0.4, 0.5) is 5.95 Å². The van der Waals surface area contributed by atoms with Gasteiger partial charge in [-0.3, -0.25) is 0 Å². The molecule has 0 atom stereocenters. The summed E-state index contributed by atoms with van der Waals surface area (Å²) in [6.07, 6.45) is 2.46. The van der Waals surface area contributed by atoms with E-state index in [2.05, 4.69) is 31.5 Å². The van der Waals surface area contributed by atoms with Crippen molar-refractivity contribution in [2.45, 2.75) is 18.9 Å². The third-order valence-corrected chi connectivity index (χ3v) is 3.08. The molecule has 1 aromatic carbocycles. The number of hydrogen-bond acceptors (Lipinski definition) is 2. The average Bonchev–Trinajstić information content (AvgIpc) is 2.89. The maximum atomic E-state index is 5.88. The monoisotopic (exact) mass is 251 g/mol. The van der Waals surface area contributed by atoms with Crippen LogP contribution in [0.5, 0.6) is 0 Å². The number of nitrogens with two attached hydrogens (primary N) is 1. The van der Waals surface area contributed by atoms with Crippen LogP contribution in [-0.2, 0) is 0 Å². The summed E-state index contributed by atoms with van der Waals surface area (Å²) in [5.74, 6) is 0.639. The zero-order chi connectivity index (χ0) is 9.71. The van der Waals surface area contributed by atoms with Crippen LogP contribution >= 0.6 is 15.9 Å². The zero-order valence-corrected chi connectivity index (χ0v) is 9.16. The maximum Gasteiger partial charge on any atom is 0.201 e. The number of anilines is 1. The van der Waals surface area contributed by atoms with Crippen molar-refractivity contribution in [3.05, 3.63) is 22.7 Å². The topological polar surface area (TPSA) is 43.8 Å². The summed E-state index contributed by atoms with van der Waals surface area (Å²) in [5.41, 5.74) is 8.00. The number of hydrogen-bond donors (Lipinski definition) is 1. The Balaban J connectivity index is 2.32. The van der Waals surface area contributed by atoms with Gasteiger partial charge < -0.3 is 10.3 Å². The summed E-state index contributed by atoms with van der Waals surface area (Å²) >= 11 is 3.43. The summed E-state index contributed by atoms with van der Waals surface area (Å²) in [6, 6.07) is 6.69. The lowest BCUT2D eigenvalue weighted by atomic mass is 10.3. The summed E-state index contributed by atoms with van der Waals surface area (Å²) < 4.78 is 3.19. The number of imidazole rings is 1. The van der Waals surface area contributed by atoms with Gasteiger partial charge in [-0.2, -0.15) is 0 Å². The van der Waals surface area contributed by atoms with Gasteiger partial charge >= 0.3 is 0 Å². The molecular formula is C10H10BrN3. The third kappa shape index (κ3) is 1.14. The predicted molar refractivity (Wildman–Crippen MR) is 60.1 cm³/mol. The van der Waals surface area contributed by atoms with Crippen molar-refractivity contribution < 1.29 is 0 Å². The van der Waals surface area contributed by atoms with Gasteiger partial charge in [0.15, 0.2) is 0 Å². The first-order valence-corrected chi connectivity index (χ1v) is 5.48. The van der Waals surface area contributed by atoms with E-state index in [9.17, 15) is 0 Å². The van der Waals surface area contributed by atoms with Crippen molar-refractivity contribution in [1.29, 1.82) is 0 Å². The van der Waals surface area contributed by atoms with Crippen LogP contribution in [0.25, 0.3) is 11.0 Å². The summed E-state index contributed by atoms with van der Waals surface area (Å²) in [5, 5.41) is 0. The number of nitrogens with zero attached hydrogens (tertiary/aromatic N) is 2. The summed E-state index contributed by atoms with van der Waals surface area (Å²) in [6.45, 7) is 0. The highest BCUT2D eigenvalue weighted by Crippen LogP contribution is 2.39. The van der Waals surface area contributed by atoms with E-state index in [-0.39, 0.29) is 0 Å². The fourth-order valence-electron chi connectivity index (χ4n) is 1.81. The van der Waals surface area contributed by atoms with E-state index in [1.165, 1.54) is 12.8 Å². The smallest absolute Gasteiger partial charge is 0.201 e. The second-order valence-electron chi connectivity index (χ2n) is 3.70. The number of rotatable bonds is 1. The fourth-order valence-corrected chi connectivity index (χ4v) is 2.16.